The van der Waals surface area contributed by atoms with E-state index >= 15 is 0 Å². The van der Waals surface area contributed by atoms with Crippen LogP contribution >= 0.6 is 0 Å². The number of rotatable bonds is 4. The first-order valence-electron chi connectivity index (χ1n) is 7.97. The summed E-state index contributed by atoms with van der Waals surface area (Å²) in [6.07, 6.45) is 1.69. The molecule has 1 amide bonds. The number of hydrogen-bond donors (Lipinski definition) is 1. The third-order valence-corrected chi connectivity index (χ3v) is 4.04. The molecule has 1 aromatic carbocycles. The Hall–Kier alpha value is -3.35. The van der Waals surface area contributed by atoms with Gasteiger partial charge in [0, 0.05) is 11.8 Å². The fourth-order valence-corrected chi connectivity index (χ4v) is 2.66. The van der Waals surface area contributed by atoms with Crippen molar-refractivity contribution in [2.75, 3.05) is 19.5 Å². The van der Waals surface area contributed by atoms with Gasteiger partial charge in [-0.05, 0) is 43.7 Å². The maximum Gasteiger partial charge on any atom is 0.281 e. The number of aromatic nitrogens is 2. The molecule has 7 nitrogen and oxygen atoms in total. The topological polar surface area (TPSA) is 81.9 Å². The van der Waals surface area contributed by atoms with Gasteiger partial charge in [0.15, 0.2) is 11.5 Å². The molecule has 2 heterocycles. The van der Waals surface area contributed by atoms with Crippen LogP contribution in [-0.4, -0.2) is 29.5 Å². The molecular weight excluding hydrogens is 334 g/mol. The molecule has 0 saturated heterocycles. The van der Waals surface area contributed by atoms with Gasteiger partial charge in [0.2, 0.25) is 0 Å². The molecule has 0 bridgehead atoms. The quantitative estimate of drug-likeness (QED) is 0.780. The van der Waals surface area contributed by atoms with E-state index in [1.165, 1.54) is 18.6 Å². The van der Waals surface area contributed by atoms with E-state index in [0.29, 0.717) is 28.4 Å². The van der Waals surface area contributed by atoms with Crippen LogP contribution < -0.4 is 20.3 Å². The molecule has 3 rings (SSSR count). The highest BCUT2D eigenvalue weighted by Crippen LogP contribution is 2.27. The zero-order valence-electron chi connectivity index (χ0n) is 15.0. The van der Waals surface area contributed by atoms with Gasteiger partial charge in [-0.3, -0.25) is 14.0 Å². The standard InChI is InChI=1S/C19H19N3O4/c1-11-5-8-16-20-12(2)17(19(24)22(16)10-11)21-18(23)13-6-7-14(25-3)15(9-13)26-4/h5-10H,1-4H3,(H,21,23). The molecule has 0 unspecified atom stereocenters. The monoisotopic (exact) mass is 353 g/mol. The first-order valence-corrected chi connectivity index (χ1v) is 7.97. The summed E-state index contributed by atoms with van der Waals surface area (Å²) in [6, 6.07) is 8.43. The predicted octanol–water partition coefficient (Wildman–Crippen LogP) is 2.58. The number of pyridine rings is 1. The number of benzene rings is 1. The van der Waals surface area contributed by atoms with E-state index in [4.69, 9.17) is 9.47 Å². The van der Waals surface area contributed by atoms with E-state index in [2.05, 4.69) is 10.3 Å². The summed E-state index contributed by atoms with van der Waals surface area (Å²) in [5.74, 6) is 0.518. The number of nitrogens with zero attached hydrogens (tertiary/aromatic N) is 2. The summed E-state index contributed by atoms with van der Waals surface area (Å²) >= 11 is 0. The van der Waals surface area contributed by atoms with Crippen LogP contribution in [0.1, 0.15) is 21.6 Å². The minimum Gasteiger partial charge on any atom is -0.493 e. The molecule has 0 aliphatic rings. The third kappa shape index (κ3) is 3.11. The number of ether oxygens (including phenoxy) is 2. The van der Waals surface area contributed by atoms with E-state index in [1.54, 1.807) is 37.4 Å². The number of aryl methyl sites for hydroxylation is 2. The summed E-state index contributed by atoms with van der Waals surface area (Å²) in [7, 11) is 3.01. The lowest BCUT2D eigenvalue weighted by molar-refractivity contribution is 0.102. The average molecular weight is 353 g/mol. The van der Waals surface area contributed by atoms with Crippen molar-refractivity contribution >= 4 is 17.2 Å². The number of methoxy groups -OCH3 is 2. The third-order valence-electron chi connectivity index (χ3n) is 4.04. The lowest BCUT2D eigenvalue weighted by atomic mass is 10.2. The number of carbonyl (C=O) groups excluding carboxylic acids is 1. The number of fused-ring (bicyclic) bond motifs is 1. The van der Waals surface area contributed by atoms with Crippen LogP contribution in [0.25, 0.3) is 5.65 Å². The number of hydrogen-bond acceptors (Lipinski definition) is 5. The molecule has 0 saturated carbocycles. The molecule has 0 radical (unpaired) electrons. The summed E-state index contributed by atoms with van der Waals surface area (Å²) in [5.41, 5.74) is 2.06. The summed E-state index contributed by atoms with van der Waals surface area (Å²) in [5, 5.41) is 2.66. The van der Waals surface area contributed by atoms with Gasteiger partial charge < -0.3 is 14.8 Å². The molecule has 0 spiro atoms. The molecule has 1 N–H and O–H groups in total. The van der Waals surface area contributed by atoms with E-state index in [9.17, 15) is 9.59 Å². The van der Waals surface area contributed by atoms with Crippen LogP contribution in [0, 0.1) is 13.8 Å². The van der Waals surface area contributed by atoms with Crippen molar-refractivity contribution in [3.63, 3.8) is 0 Å². The van der Waals surface area contributed by atoms with E-state index in [1.807, 2.05) is 13.0 Å². The van der Waals surface area contributed by atoms with Crippen molar-refractivity contribution in [2.45, 2.75) is 13.8 Å². The van der Waals surface area contributed by atoms with E-state index in [0.717, 1.165) is 5.56 Å². The number of carbonyl (C=O) groups is 1. The van der Waals surface area contributed by atoms with Gasteiger partial charge in [-0.25, -0.2) is 4.98 Å². The molecule has 0 atom stereocenters. The zero-order valence-corrected chi connectivity index (χ0v) is 15.0. The second-order valence-corrected chi connectivity index (χ2v) is 5.84. The van der Waals surface area contributed by atoms with Gasteiger partial charge in [0.05, 0.1) is 19.9 Å². The molecular formula is C19H19N3O4. The maximum absolute atomic E-state index is 12.8. The van der Waals surface area contributed by atoms with Crippen LogP contribution in [0.4, 0.5) is 5.69 Å². The summed E-state index contributed by atoms with van der Waals surface area (Å²) < 4.78 is 11.8. The van der Waals surface area contributed by atoms with E-state index in [-0.39, 0.29) is 11.2 Å². The first-order chi connectivity index (χ1) is 12.4. The number of nitrogens with one attached hydrogen (secondary N) is 1. The molecule has 0 aliphatic carbocycles. The molecule has 7 heteroatoms. The minimum absolute atomic E-state index is 0.146. The Bertz CT molecular complexity index is 1060. The highest BCUT2D eigenvalue weighted by Gasteiger charge is 2.16. The second kappa shape index (κ2) is 6.87. The lowest BCUT2D eigenvalue weighted by Crippen LogP contribution is -2.25. The van der Waals surface area contributed by atoms with Crippen LogP contribution in [0.5, 0.6) is 11.5 Å². The molecule has 2 aromatic heterocycles. The first kappa shape index (κ1) is 17.5. The zero-order chi connectivity index (χ0) is 18.8. The number of anilines is 1. The fraction of sp³-hybridized carbons (Fsp3) is 0.211. The van der Waals surface area contributed by atoms with Crippen LogP contribution in [0.15, 0.2) is 41.3 Å². The lowest BCUT2D eigenvalue weighted by Gasteiger charge is -2.12. The van der Waals surface area contributed by atoms with Gasteiger partial charge in [0.1, 0.15) is 11.3 Å². The average Bonchev–Trinajstić information content (AvgIpc) is 2.65. The Morgan fingerprint density at radius 3 is 2.50 bits per heavy atom. The Labute approximate surface area is 150 Å². The second-order valence-electron chi connectivity index (χ2n) is 5.84. The highest BCUT2D eigenvalue weighted by molar-refractivity contribution is 6.04. The Morgan fingerprint density at radius 1 is 1.08 bits per heavy atom. The SMILES string of the molecule is COc1ccc(C(=O)Nc2c(C)nc3ccc(C)cn3c2=O)cc1OC. The molecule has 0 aliphatic heterocycles. The molecule has 26 heavy (non-hydrogen) atoms. The maximum atomic E-state index is 12.8. The van der Waals surface area contributed by atoms with Gasteiger partial charge >= 0.3 is 0 Å². The van der Waals surface area contributed by atoms with Crippen molar-refractivity contribution in [2.24, 2.45) is 0 Å². The van der Waals surface area contributed by atoms with Crippen LogP contribution in [0.2, 0.25) is 0 Å². The minimum atomic E-state index is -0.430. The molecule has 3 aromatic rings. The Kier molecular flexibility index (Phi) is 4.62. The van der Waals surface area contributed by atoms with Crippen molar-refractivity contribution in [3.8, 4) is 11.5 Å². The van der Waals surface area contributed by atoms with Gasteiger partial charge in [0.25, 0.3) is 11.5 Å². The van der Waals surface area contributed by atoms with Gasteiger partial charge in [-0.2, -0.15) is 0 Å². The smallest absolute Gasteiger partial charge is 0.281 e. The molecule has 134 valence electrons. The highest BCUT2D eigenvalue weighted by atomic mass is 16.5. The normalized spacial score (nSPS) is 10.6. The number of amides is 1. The van der Waals surface area contributed by atoms with Crippen LogP contribution in [0.3, 0.4) is 0 Å². The van der Waals surface area contributed by atoms with Crippen molar-refractivity contribution in [1.82, 2.24) is 9.38 Å². The Balaban J connectivity index is 2.01. The summed E-state index contributed by atoms with van der Waals surface area (Å²) in [6.45, 7) is 3.57. The predicted molar refractivity (Wildman–Crippen MR) is 98.4 cm³/mol. The van der Waals surface area contributed by atoms with Crippen LogP contribution in [-0.2, 0) is 0 Å². The Morgan fingerprint density at radius 2 is 1.81 bits per heavy atom. The fourth-order valence-electron chi connectivity index (χ4n) is 2.66. The van der Waals surface area contributed by atoms with Gasteiger partial charge in [-0.15, -0.1) is 0 Å². The largest absolute Gasteiger partial charge is 0.493 e. The van der Waals surface area contributed by atoms with Crippen molar-refractivity contribution in [1.29, 1.82) is 0 Å². The van der Waals surface area contributed by atoms with Crippen molar-refractivity contribution < 1.29 is 14.3 Å². The van der Waals surface area contributed by atoms with E-state index < -0.39 is 5.91 Å². The van der Waals surface area contributed by atoms with Crippen molar-refractivity contribution in [3.05, 3.63) is 63.7 Å². The van der Waals surface area contributed by atoms with Gasteiger partial charge in [-0.1, -0.05) is 6.07 Å². The summed E-state index contributed by atoms with van der Waals surface area (Å²) in [4.78, 5) is 29.8. The molecule has 0 fully saturated rings.